The number of hydrogen-bond acceptors (Lipinski definition) is 8. The number of ether oxygens (including phenoxy) is 1. The number of anilines is 1. The van der Waals surface area contributed by atoms with Gasteiger partial charge in [-0.15, -0.1) is 11.3 Å². The number of aromatic hydroxyl groups is 1. The highest BCUT2D eigenvalue weighted by Gasteiger charge is 2.31. The third-order valence-corrected chi connectivity index (χ3v) is 12.4. The Morgan fingerprint density at radius 2 is 1.61 bits per heavy atom. The van der Waals surface area contributed by atoms with Crippen LogP contribution in [0.1, 0.15) is 82.0 Å². The molecule has 1 aliphatic heterocycles. The molecule has 1 saturated carbocycles. The number of carbonyl (C=O) groups is 2. The van der Waals surface area contributed by atoms with Gasteiger partial charge in [0.15, 0.2) is 0 Å². The first-order valence-corrected chi connectivity index (χ1v) is 18.8. The molecule has 0 radical (unpaired) electrons. The number of methoxy groups -OCH3 is 1. The van der Waals surface area contributed by atoms with Crippen molar-refractivity contribution in [2.75, 3.05) is 25.5 Å². The zero-order chi connectivity index (χ0) is 34.8. The van der Waals surface area contributed by atoms with Crippen molar-refractivity contribution in [3.05, 3.63) is 106 Å². The van der Waals surface area contributed by atoms with Gasteiger partial charge in [-0.05, 0) is 97.8 Å². The Hall–Kier alpha value is -4.39. The minimum Gasteiger partial charge on any atom is -0.508 e. The number of rotatable bonds is 10. The summed E-state index contributed by atoms with van der Waals surface area (Å²) in [7, 11) is -2.05. The lowest BCUT2D eigenvalue weighted by atomic mass is 9.83. The summed E-state index contributed by atoms with van der Waals surface area (Å²) in [6.07, 6.45) is 7.32. The molecule has 6 rings (SSSR count). The Balaban J connectivity index is 0.000000452. The number of nitrogens with zero attached hydrogens (tertiary/aromatic N) is 1. The van der Waals surface area contributed by atoms with E-state index in [1.54, 1.807) is 78.1 Å². The highest BCUT2D eigenvalue weighted by molar-refractivity contribution is 7.91. The highest BCUT2D eigenvalue weighted by Crippen LogP contribution is 2.38. The van der Waals surface area contributed by atoms with E-state index in [0.29, 0.717) is 58.7 Å². The predicted octanol–water partition coefficient (Wildman–Crippen LogP) is 6.49. The minimum atomic E-state index is -3.60. The van der Waals surface area contributed by atoms with Crippen LogP contribution in [-0.2, 0) is 16.6 Å². The van der Waals surface area contributed by atoms with Crippen molar-refractivity contribution in [3.63, 3.8) is 0 Å². The number of primary amides is 1. The van der Waals surface area contributed by atoms with E-state index in [1.165, 1.54) is 30.6 Å². The number of nitrogens with two attached hydrogens (primary N) is 1. The molecule has 2 heterocycles. The number of carbonyl (C=O) groups excluding carboxylic acids is 2. The van der Waals surface area contributed by atoms with Crippen LogP contribution in [0.15, 0.2) is 89.1 Å². The number of sulfonamides is 1. The van der Waals surface area contributed by atoms with Crippen molar-refractivity contribution in [1.29, 1.82) is 0 Å². The standard InChI is InChI=1S/C30H37N3O5S2.C7H7NO/c1-38-25-9-5-8-22(18-25)30(35)31-20-26-11-13-29(39-26)40(36,37)33-16-14-23(15-17-33)32-24-10-12-28(34)27(19-24)21-6-3-2-4-7-21;8-7(9)6-4-2-1-3-5-6/h5,8-13,18-19,21,23,32,34H,2-4,6-7,14-17,20H2,1H3,(H,31,35);1-5H,(H2,8,9). The van der Waals surface area contributed by atoms with Crippen LogP contribution in [0.4, 0.5) is 5.69 Å². The van der Waals surface area contributed by atoms with Gasteiger partial charge in [0, 0.05) is 40.8 Å². The lowest BCUT2D eigenvalue weighted by molar-refractivity contribution is 0.0949. The molecule has 260 valence electrons. The highest BCUT2D eigenvalue weighted by atomic mass is 32.2. The minimum absolute atomic E-state index is 0.168. The number of phenolic OH excluding ortho intramolecular Hbond substituents is 1. The summed E-state index contributed by atoms with van der Waals surface area (Å²) >= 11 is 1.19. The number of thiophene rings is 1. The van der Waals surface area contributed by atoms with E-state index in [9.17, 15) is 23.1 Å². The van der Waals surface area contributed by atoms with Gasteiger partial charge in [0.05, 0.1) is 13.7 Å². The molecule has 2 fully saturated rings. The second-order valence-corrected chi connectivity index (χ2v) is 15.6. The lowest BCUT2D eigenvalue weighted by Gasteiger charge is -2.32. The quantitative estimate of drug-likeness (QED) is 0.138. The van der Waals surface area contributed by atoms with Crippen LogP contribution in [0, 0.1) is 0 Å². The average Bonchev–Trinajstić information content (AvgIpc) is 3.63. The molecule has 5 N–H and O–H groups in total. The van der Waals surface area contributed by atoms with Crippen LogP contribution in [0.2, 0.25) is 0 Å². The summed E-state index contributed by atoms with van der Waals surface area (Å²) in [5, 5.41) is 16.9. The fourth-order valence-electron chi connectivity index (χ4n) is 6.22. The van der Waals surface area contributed by atoms with E-state index in [-0.39, 0.29) is 24.4 Å². The molecule has 0 atom stereocenters. The van der Waals surface area contributed by atoms with Crippen LogP contribution in [0.5, 0.6) is 11.5 Å². The number of hydrogen-bond donors (Lipinski definition) is 4. The van der Waals surface area contributed by atoms with Crippen LogP contribution in [0.3, 0.4) is 0 Å². The fraction of sp³-hybridized carbons (Fsp3) is 0.351. The molecular formula is C37H44N4O6S2. The fourth-order valence-corrected chi connectivity index (χ4v) is 9.14. The van der Waals surface area contributed by atoms with Gasteiger partial charge >= 0.3 is 0 Å². The molecule has 0 bridgehead atoms. The smallest absolute Gasteiger partial charge is 0.252 e. The summed E-state index contributed by atoms with van der Waals surface area (Å²) in [4.78, 5) is 23.7. The van der Waals surface area contributed by atoms with Crippen LogP contribution < -0.4 is 21.1 Å². The number of nitrogens with one attached hydrogen (secondary N) is 2. The molecule has 2 aliphatic rings. The first-order chi connectivity index (χ1) is 23.6. The monoisotopic (exact) mass is 704 g/mol. The normalized spacial score (nSPS) is 15.9. The van der Waals surface area contributed by atoms with Gasteiger partial charge in [0.2, 0.25) is 5.91 Å². The molecule has 0 spiro atoms. The first kappa shape index (κ1) is 35.9. The maximum Gasteiger partial charge on any atom is 0.252 e. The summed E-state index contributed by atoms with van der Waals surface area (Å²) in [5.41, 5.74) is 8.02. The van der Waals surface area contributed by atoms with Crippen LogP contribution in [-0.4, -0.2) is 55.9 Å². The Morgan fingerprint density at radius 1 is 0.898 bits per heavy atom. The molecule has 2 amide bonds. The van der Waals surface area contributed by atoms with Gasteiger partial charge in [-0.25, -0.2) is 8.42 Å². The molecule has 49 heavy (non-hydrogen) atoms. The summed E-state index contributed by atoms with van der Waals surface area (Å²) in [6.45, 7) is 1.12. The summed E-state index contributed by atoms with van der Waals surface area (Å²) < 4.78 is 33.7. The Labute approximate surface area is 292 Å². The molecule has 10 nitrogen and oxygen atoms in total. The third-order valence-electron chi connectivity index (χ3n) is 8.94. The van der Waals surface area contributed by atoms with Crippen molar-refractivity contribution < 1.29 is 27.9 Å². The van der Waals surface area contributed by atoms with Gasteiger partial charge in [-0.1, -0.05) is 43.5 Å². The summed E-state index contributed by atoms with van der Waals surface area (Å²) in [6, 6.07) is 25.0. The predicted molar refractivity (Wildman–Crippen MR) is 193 cm³/mol. The molecule has 3 aromatic carbocycles. The van der Waals surface area contributed by atoms with E-state index < -0.39 is 10.0 Å². The SMILES string of the molecule is COc1cccc(C(=O)NCc2ccc(S(=O)(=O)N3CCC(Nc4ccc(O)c(C5CCCCC5)c4)CC3)s2)c1.NC(=O)c1ccccc1. The lowest BCUT2D eigenvalue weighted by Crippen LogP contribution is -2.42. The second kappa shape index (κ2) is 16.8. The van der Waals surface area contributed by atoms with Crippen molar-refractivity contribution in [2.45, 2.75) is 67.7 Å². The average molecular weight is 705 g/mol. The van der Waals surface area contributed by atoms with Gasteiger partial charge in [-0.3, -0.25) is 9.59 Å². The Bertz CT molecular complexity index is 1820. The molecule has 1 saturated heterocycles. The van der Waals surface area contributed by atoms with E-state index in [1.807, 2.05) is 12.1 Å². The van der Waals surface area contributed by atoms with Crippen molar-refractivity contribution in [3.8, 4) is 11.5 Å². The molecule has 12 heteroatoms. The van der Waals surface area contributed by atoms with Crippen molar-refractivity contribution in [1.82, 2.24) is 9.62 Å². The second-order valence-electron chi connectivity index (χ2n) is 12.3. The van der Waals surface area contributed by atoms with E-state index in [4.69, 9.17) is 10.5 Å². The molecule has 1 aliphatic carbocycles. The largest absolute Gasteiger partial charge is 0.508 e. The van der Waals surface area contributed by atoms with Crippen LogP contribution >= 0.6 is 11.3 Å². The van der Waals surface area contributed by atoms with Crippen molar-refractivity contribution >= 4 is 38.9 Å². The van der Waals surface area contributed by atoms with E-state index in [2.05, 4.69) is 16.7 Å². The van der Waals surface area contributed by atoms with Gasteiger partial charge in [-0.2, -0.15) is 4.31 Å². The number of amides is 2. The van der Waals surface area contributed by atoms with E-state index >= 15 is 0 Å². The maximum absolute atomic E-state index is 13.3. The Kier molecular flexibility index (Phi) is 12.3. The van der Waals surface area contributed by atoms with Gasteiger partial charge < -0.3 is 26.2 Å². The number of phenols is 1. The Morgan fingerprint density at radius 3 is 2.29 bits per heavy atom. The van der Waals surface area contributed by atoms with Crippen molar-refractivity contribution in [2.24, 2.45) is 5.73 Å². The molecule has 4 aromatic rings. The first-order valence-electron chi connectivity index (χ1n) is 16.6. The number of piperidine rings is 1. The number of benzene rings is 3. The molecular weight excluding hydrogens is 661 g/mol. The summed E-state index contributed by atoms with van der Waals surface area (Å²) in [5.74, 6) is 0.756. The zero-order valence-corrected chi connectivity index (χ0v) is 29.3. The topological polar surface area (TPSA) is 151 Å². The van der Waals surface area contributed by atoms with Crippen LogP contribution in [0.25, 0.3) is 0 Å². The zero-order valence-electron chi connectivity index (χ0n) is 27.6. The van der Waals surface area contributed by atoms with Gasteiger partial charge in [0.25, 0.3) is 15.9 Å². The van der Waals surface area contributed by atoms with E-state index in [0.717, 1.165) is 29.0 Å². The molecule has 1 aromatic heterocycles. The third kappa shape index (κ3) is 9.62. The van der Waals surface area contributed by atoms with Gasteiger partial charge in [0.1, 0.15) is 15.7 Å². The molecule has 0 unspecified atom stereocenters. The maximum atomic E-state index is 13.3.